The summed E-state index contributed by atoms with van der Waals surface area (Å²) in [6.07, 6.45) is 0. The first-order chi connectivity index (χ1) is 13.9. The molecular weight excluding hydrogens is 468 g/mol. The van der Waals surface area contributed by atoms with Gasteiger partial charge in [-0.25, -0.2) is 4.68 Å². The van der Waals surface area contributed by atoms with Crippen LogP contribution in [0.15, 0.2) is 22.8 Å². The summed E-state index contributed by atoms with van der Waals surface area (Å²) < 4.78 is 8.75. The third-order valence-electron chi connectivity index (χ3n) is 6.23. The number of benzene rings is 1. The molecule has 0 saturated heterocycles. The van der Waals surface area contributed by atoms with Gasteiger partial charge in [-0.05, 0) is 50.7 Å². The van der Waals surface area contributed by atoms with Crippen LogP contribution >= 0.6 is 15.9 Å². The summed E-state index contributed by atoms with van der Waals surface area (Å²) in [6.45, 7) is 22.5. The molecule has 6 heteroatoms. The van der Waals surface area contributed by atoms with Crippen LogP contribution in [0, 0.1) is 11.5 Å². The molecule has 2 aromatic rings. The largest absolute Gasteiger partial charge is 0.360 e. The summed E-state index contributed by atoms with van der Waals surface area (Å²) in [7, 11) is -2.86. The number of hydrogen-bond acceptors (Lipinski definition) is 2. The minimum Gasteiger partial charge on any atom is -0.360 e. The number of aromatic nitrogens is 2. The highest BCUT2D eigenvalue weighted by Crippen LogP contribution is 2.41. The zero-order valence-corrected chi connectivity index (χ0v) is 23.9. The van der Waals surface area contributed by atoms with Gasteiger partial charge in [0.2, 0.25) is 0 Å². The van der Waals surface area contributed by atoms with Crippen LogP contribution < -0.4 is 0 Å². The molecule has 2 rings (SSSR count). The Balaban J connectivity index is 2.39. The van der Waals surface area contributed by atoms with Gasteiger partial charge in [0, 0.05) is 20.2 Å². The lowest BCUT2D eigenvalue weighted by molar-refractivity contribution is 0.0814. The average Bonchev–Trinajstić information content (AvgIpc) is 2.94. The molecule has 166 valence electrons. The number of fused-ring (bicyclic) bond motifs is 1. The fourth-order valence-corrected chi connectivity index (χ4v) is 11.1. The molecule has 30 heavy (non-hydrogen) atoms. The molecule has 1 heterocycles. The van der Waals surface area contributed by atoms with E-state index in [9.17, 15) is 0 Å². The van der Waals surface area contributed by atoms with Gasteiger partial charge in [0.25, 0.3) is 0 Å². The molecule has 0 aliphatic carbocycles. The molecule has 0 aliphatic rings. The van der Waals surface area contributed by atoms with Crippen molar-refractivity contribution >= 4 is 43.0 Å². The van der Waals surface area contributed by atoms with Crippen molar-refractivity contribution < 1.29 is 4.74 Å². The van der Waals surface area contributed by atoms with Crippen molar-refractivity contribution in [2.24, 2.45) is 0 Å². The first-order valence-electron chi connectivity index (χ1n) is 11.2. The molecule has 0 spiro atoms. The Hall–Kier alpha value is -0.876. The molecule has 0 saturated carbocycles. The van der Waals surface area contributed by atoms with Gasteiger partial charge in [-0.15, -0.1) is 5.54 Å². The monoisotopic (exact) mass is 506 g/mol. The molecule has 0 bridgehead atoms. The van der Waals surface area contributed by atoms with Crippen molar-refractivity contribution in [3.8, 4) is 11.5 Å². The zero-order chi connectivity index (χ0) is 22.7. The molecule has 1 aromatic heterocycles. The van der Waals surface area contributed by atoms with Gasteiger partial charge in [0.15, 0.2) is 0 Å². The average molecular weight is 508 g/mol. The van der Waals surface area contributed by atoms with Gasteiger partial charge < -0.3 is 4.74 Å². The number of rotatable bonds is 8. The van der Waals surface area contributed by atoms with Crippen molar-refractivity contribution in [2.75, 3.05) is 6.61 Å². The summed E-state index contributed by atoms with van der Waals surface area (Å²) in [6, 6.07) is 7.48. The van der Waals surface area contributed by atoms with E-state index in [2.05, 4.69) is 107 Å². The van der Waals surface area contributed by atoms with E-state index < -0.39 is 16.1 Å². The smallest absolute Gasteiger partial charge is 0.146 e. The van der Waals surface area contributed by atoms with Gasteiger partial charge in [-0.1, -0.05) is 73.2 Å². The lowest BCUT2D eigenvalue weighted by Gasteiger charge is -2.38. The van der Waals surface area contributed by atoms with Crippen LogP contribution in [0.1, 0.15) is 47.1 Å². The quantitative estimate of drug-likeness (QED) is 0.208. The van der Waals surface area contributed by atoms with Crippen LogP contribution in [0.2, 0.25) is 42.3 Å². The predicted octanol–water partition coefficient (Wildman–Crippen LogP) is 7.68. The Morgan fingerprint density at radius 2 is 1.63 bits per heavy atom. The van der Waals surface area contributed by atoms with E-state index in [1.165, 1.54) is 0 Å². The Labute approximate surface area is 194 Å². The minimum atomic E-state index is -1.78. The standard InChI is InChI=1S/C24H39BrN2OSi2/c1-18(2)30(19(3)4,20(5)6)15-13-21-11-10-12-22-23(21)24(25)26-27(22)17-28-14-16-29(7,8)9/h10-12,18-20H,14,16-17H2,1-9H3. The molecule has 0 aliphatic heterocycles. The van der Waals surface area contributed by atoms with E-state index in [1.807, 2.05) is 4.68 Å². The molecular formula is C24H39BrN2OSi2. The van der Waals surface area contributed by atoms with E-state index in [4.69, 9.17) is 9.84 Å². The lowest BCUT2D eigenvalue weighted by atomic mass is 10.1. The third kappa shape index (κ3) is 5.67. The fraction of sp³-hybridized carbons (Fsp3) is 0.625. The molecule has 0 fully saturated rings. The van der Waals surface area contributed by atoms with E-state index in [0.29, 0.717) is 23.4 Å². The first kappa shape index (κ1) is 25.4. The van der Waals surface area contributed by atoms with Crippen molar-refractivity contribution in [3.63, 3.8) is 0 Å². The second-order valence-corrected chi connectivity index (χ2v) is 22.4. The molecule has 0 radical (unpaired) electrons. The Morgan fingerprint density at radius 3 is 2.17 bits per heavy atom. The topological polar surface area (TPSA) is 27.1 Å². The maximum absolute atomic E-state index is 5.95. The van der Waals surface area contributed by atoms with Crippen LogP contribution in [-0.4, -0.2) is 32.5 Å². The normalized spacial score (nSPS) is 12.8. The number of nitrogens with zero attached hydrogens (tertiary/aromatic N) is 2. The Morgan fingerprint density at radius 1 is 1.03 bits per heavy atom. The number of halogens is 1. The highest BCUT2D eigenvalue weighted by Gasteiger charge is 2.41. The highest BCUT2D eigenvalue weighted by atomic mass is 79.9. The van der Waals surface area contributed by atoms with Crippen molar-refractivity contribution in [2.45, 2.75) is 90.6 Å². The van der Waals surface area contributed by atoms with E-state index in [0.717, 1.165) is 33.7 Å². The van der Waals surface area contributed by atoms with Gasteiger partial charge in [0.05, 0.1) is 10.9 Å². The molecule has 3 nitrogen and oxygen atoms in total. The van der Waals surface area contributed by atoms with Crippen molar-refractivity contribution in [1.82, 2.24) is 9.78 Å². The Kier molecular flexibility index (Phi) is 8.60. The van der Waals surface area contributed by atoms with Crippen LogP contribution in [0.25, 0.3) is 10.9 Å². The van der Waals surface area contributed by atoms with Gasteiger partial charge in [-0.3, -0.25) is 0 Å². The lowest BCUT2D eigenvalue weighted by Crippen LogP contribution is -2.43. The molecule has 0 amide bonds. The van der Waals surface area contributed by atoms with Crippen LogP contribution in [-0.2, 0) is 11.5 Å². The van der Waals surface area contributed by atoms with E-state index in [-0.39, 0.29) is 0 Å². The van der Waals surface area contributed by atoms with E-state index >= 15 is 0 Å². The van der Waals surface area contributed by atoms with Gasteiger partial charge in [-0.2, -0.15) is 5.10 Å². The second-order valence-electron chi connectivity index (χ2n) is 10.5. The fourth-order valence-electron chi connectivity index (χ4n) is 4.52. The highest BCUT2D eigenvalue weighted by molar-refractivity contribution is 9.10. The molecule has 0 N–H and O–H groups in total. The minimum absolute atomic E-state index is 0.478. The van der Waals surface area contributed by atoms with Crippen molar-refractivity contribution in [3.05, 3.63) is 28.4 Å². The summed E-state index contributed by atoms with van der Waals surface area (Å²) >= 11 is 3.68. The molecule has 0 unspecified atom stereocenters. The SMILES string of the molecule is CC(C)[Si](C#Cc1cccc2c1c(Br)nn2COCC[Si](C)(C)C)(C(C)C)C(C)C. The molecule has 1 aromatic carbocycles. The predicted molar refractivity (Wildman–Crippen MR) is 139 cm³/mol. The van der Waals surface area contributed by atoms with Gasteiger partial charge >= 0.3 is 0 Å². The van der Waals surface area contributed by atoms with Crippen LogP contribution in [0.5, 0.6) is 0 Å². The number of ether oxygens (including phenoxy) is 1. The summed E-state index contributed by atoms with van der Waals surface area (Å²) in [5.74, 6) is 3.61. The first-order valence-corrected chi connectivity index (χ1v) is 17.9. The maximum Gasteiger partial charge on any atom is 0.146 e. The zero-order valence-electron chi connectivity index (χ0n) is 20.3. The number of hydrogen-bond donors (Lipinski definition) is 0. The van der Waals surface area contributed by atoms with Crippen LogP contribution in [0.3, 0.4) is 0 Å². The summed E-state index contributed by atoms with van der Waals surface area (Å²) in [5, 5.41) is 5.79. The van der Waals surface area contributed by atoms with E-state index in [1.54, 1.807) is 0 Å². The van der Waals surface area contributed by atoms with Gasteiger partial charge in [0.1, 0.15) is 19.4 Å². The van der Waals surface area contributed by atoms with Crippen LogP contribution in [0.4, 0.5) is 0 Å². The summed E-state index contributed by atoms with van der Waals surface area (Å²) in [5.41, 5.74) is 7.85. The Bertz CT molecular complexity index is 895. The summed E-state index contributed by atoms with van der Waals surface area (Å²) in [4.78, 5) is 0. The maximum atomic E-state index is 5.95. The molecule has 0 atom stereocenters. The third-order valence-corrected chi connectivity index (χ3v) is 14.8. The second kappa shape index (κ2) is 10.2. The van der Waals surface area contributed by atoms with Crippen molar-refractivity contribution in [1.29, 1.82) is 0 Å².